The predicted octanol–water partition coefficient (Wildman–Crippen LogP) is 3.78. The number of methoxy groups -OCH3 is 2. The van der Waals surface area contributed by atoms with Gasteiger partial charge in [0, 0.05) is 18.0 Å². The number of guanidine groups is 1. The summed E-state index contributed by atoms with van der Waals surface area (Å²) < 4.78 is 37.7. The van der Waals surface area contributed by atoms with Crippen LogP contribution >= 0.6 is 24.0 Å². The molecule has 29 heavy (non-hydrogen) atoms. The average molecular weight is 517 g/mol. The van der Waals surface area contributed by atoms with Crippen molar-refractivity contribution in [2.45, 2.75) is 24.7 Å². The lowest BCUT2D eigenvalue weighted by Crippen LogP contribution is -2.34. The van der Waals surface area contributed by atoms with Gasteiger partial charge >= 0.3 is 0 Å². The molecule has 0 heterocycles. The Morgan fingerprint density at radius 1 is 1.10 bits per heavy atom. The molecule has 1 fully saturated rings. The van der Waals surface area contributed by atoms with Crippen LogP contribution in [0.5, 0.6) is 11.5 Å². The van der Waals surface area contributed by atoms with E-state index in [1.54, 1.807) is 14.2 Å². The van der Waals surface area contributed by atoms with Gasteiger partial charge in [-0.1, -0.05) is 12.1 Å². The lowest BCUT2D eigenvalue weighted by molar-refractivity contribution is 0.354. The third-order valence-corrected chi connectivity index (χ3v) is 5.08. The van der Waals surface area contributed by atoms with Gasteiger partial charge in [-0.05, 0) is 48.6 Å². The highest BCUT2D eigenvalue weighted by atomic mass is 127. The number of aliphatic imine (C=N–C) groups is 1. The molecule has 158 valence electrons. The molecular formula is C21H26F2IN3O2. The van der Waals surface area contributed by atoms with Crippen LogP contribution in [0.4, 0.5) is 8.78 Å². The molecule has 0 aliphatic heterocycles. The molecule has 0 bridgehead atoms. The molecule has 8 heteroatoms. The van der Waals surface area contributed by atoms with Crippen LogP contribution < -0.4 is 20.5 Å². The van der Waals surface area contributed by atoms with Crippen LogP contribution in [0.25, 0.3) is 0 Å². The van der Waals surface area contributed by atoms with E-state index < -0.39 is 11.6 Å². The summed E-state index contributed by atoms with van der Waals surface area (Å²) in [6.45, 7) is 0.980. The monoisotopic (exact) mass is 517 g/mol. The lowest BCUT2D eigenvalue weighted by Gasteiger charge is -2.15. The third-order valence-electron chi connectivity index (χ3n) is 5.08. The van der Waals surface area contributed by atoms with E-state index in [1.165, 1.54) is 12.1 Å². The summed E-state index contributed by atoms with van der Waals surface area (Å²) in [4.78, 5) is 4.37. The van der Waals surface area contributed by atoms with Gasteiger partial charge in [-0.3, -0.25) is 4.99 Å². The molecule has 0 saturated heterocycles. The summed E-state index contributed by atoms with van der Waals surface area (Å²) in [5, 5.41) is 3.07. The lowest BCUT2D eigenvalue weighted by atomic mass is 9.95. The second kappa shape index (κ2) is 10.1. The number of hydrogen-bond acceptors (Lipinski definition) is 3. The van der Waals surface area contributed by atoms with Gasteiger partial charge < -0.3 is 20.5 Å². The molecule has 2 aromatic rings. The van der Waals surface area contributed by atoms with Gasteiger partial charge in [-0.15, -0.1) is 24.0 Å². The summed E-state index contributed by atoms with van der Waals surface area (Å²) in [6, 6.07) is 9.46. The Morgan fingerprint density at radius 3 is 2.45 bits per heavy atom. The highest BCUT2D eigenvalue weighted by Gasteiger charge is 2.46. The first-order valence-electron chi connectivity index (χ1n) is 9.18. The number of hydrogen-bond donors (Lipinski definition) is 2. The molecule has 0 spiro atoms. The first-order valence-corrected chi connectivity index (χ1v) is 9.18. The van der Waals surface area contributed by atoms with E-state index in [9.17, 15) is 8.78 Å². The van der Waals surface area contributed by atoms with Crippen LogP contribution in [0.2, 0.25) is 0 Å². The number of rotatable bonds is 8. The van der Waals surface area contributed by atoms with E-state index in [0.717, 1.165) is 30.9 Å². The van der Waals surface area contributed by atoms with Crippen molar-refractivity contribution in [2.75, 3.05) is 27.3 Å². The van der Waals surface area contributed by atoms with Gasteiger partial charge in [0.15, 0.2) is 17.5 Å². The molecule has 5 nitrogen and oxygen atoms in total. The first-order chi connectivity index (χ1) is 13.5. The van der Waals surface area contributed by atoms with E-state index in [1.807, 2.05) is 18.2 Å². The zero-order valence-electron chi connectivity index (χ0n) is 16.5. The Kier molecular flexibility index (Phi) is 8.06. The molecule has 3 rings (SSSR count). The molecule has 0 amide bonds. The van der Waals surface area contributed by atoms with Gasteiger partial charge in [0.1, 0.15) is 11.6 Å². The van der Waals surface area contributed by atoms with Crippen molar-refractivity contribution in [3.8, 4) is 11.5 Å². The highest BCUT2D eigenvalue weighted by molar-refractivity contribution is 14.0. The minimum absolute atomic E-state index is 0. The Bertz CT molecular complexity index is 873. The van der Waals surface area contributed by atoms with Gasteiger partial charge in [0.2, 0.25) is 0 Å². The smallest absolute Gasteiger partial charge is 0.188 e. The minimum Gasteiger partial charge on any atom is -0.493 e. The maximum Gasteiger partial charge on any atom is 0.188 e. The Labute approximate surface area is 186 Å². The molecular weight excluding hydrogens is 491 g/mol. The van der Waals surface area contributed by atoms with Crippen LogP contribution in [0, 0.1) is 11.6 Å². The molecule has 0 unspecified atom stereocenters. The fraction of sp³-hybridized carbons (Fsp3) is 0.381. The Hall–Kier alpha value is -2.10. The topological polar surface area (TPSA) is 68.9 Å². The van der Waals surface area contributed by atoms with Crippen molar-refractivity contribution in [2.24, 2.45) is 10.7 Å². The van der Waals surface area contributed by atoms with Gasteiger partial charge in [-0.25, -0.2) is 8.78 Å². The Morgan fingerprint density at radius 2 is 1.83 bits per heavy atom. The SMILES string of the molecule is COc1ccc(CCNC(N)=NCC2(c3ccc(F)cc3F)CC2)cc1OC.I. The fourth-order valence-corrected chi connectivity index (χ4v) is 3.25. The van der Waals surface area contributed by atoms with E-state index in [-0.39, 0.29) is 29.4 Å². The molecule has 1 aliphatic rings. The van der Waals surface area contributed by atoms with Crippen LogP contribution in [0.15, 0.2) is 41.4 Å². The average Bonchev–Trinajstić information content (AvgIpc) is 3.47. The maximum absolute atomic E-state index is 14.1. The van der Waals surface area contributed by atoms with Gasteiger partial charge in [0.25, 0.3) is 0 Å². The summed E-state index contributed by atoms with van der Waals surface area (Å²) in [6.07, 6.45) is 2.37. The summed E-state index contributed by atoms with van der Waals surface area (Å²) in [5.74, 6) is 0.584. The van der Waals surface area contributed by atoms with E-state index >= 15 is 0 Å². The molecule has 1 saturated carbocycles. The van der Waals surface area contributed by atoms with Crippen LogP contribution in [-0.2, 0) is 11.8 Å². The second-order valence-electron chi connectivity index (χ2n) is 6.97. The number of nitrogens with two attached hydrogens (primary N) is 1. The number of halogens is 3. The summed E-state index contributed by atoms with van der Waals surface area (Å²) in [5.41, 5.74) is 7.17. The van der Waals surface area contributed by atoms with E-state index in [4.69, 9.17) is 15.2 Å². The predicted molar refractivity (Wildman–Crippen MR) is 120 cm³/mol. The Balaban J connectivity index is 0.00000300. The van der Waals surface area contributed by atoms with Crippen LogP contribution in [0.3, 0.4) is 0 Å². The minimum atomic E-state index is -0.572. The standard InChI is InChI=1S/C21H25F2N3O2.HI/c1-27-18-6-3-14(11-19(18)28-2)7-10-25-20(24)26-13-21(8-9-21)16-5-4-15(22)12-17(16)23;/h3-6,11-12H,7-10,13H2,1-2H3,(H3,24,25,26);1H. The van der Waals surface area contributed by atoms with Gasteiger partial charge in [0.05, 0.1) is 20.8 Å². The molecule has 1 aliphatic carbocycles. The van der Waals surface area contributed by atoms with Crippen molar-refractivity contribution >= 4 is 29.9 Å². The van der Waals surface area contributed by atoms with E-state index in [0.29, 0.717) is 36.1 Å². The zero-order valence-corrected chi connectivity index (χ0v) is 18.8. The quantitative estimate of drug-likeness (QED) is 0.318. The van der Waals surface area contributed by atoms with Crippen molar-refractivity contribution < 1.29 is 18.3 Å². The van der Waals surface area contributed by atoms with Gasteiger partial charge in [-0.2, -0.15) is 0 Å². The summed E-state index contributed by atoms with van der Waals surface area (Å²) >= 11 is 0. The third kappa shape index (κ3) is 5.71. The number of nitrogens with one attached hydrogen (secondary N) is 1. The fourth-order valence-electron chi connectivity index (χ4n) is 3.25. The van der Waals surface area contributed by atoms with Crippen molar-refractivity contribution in [3.63, 3.8) is 0 Å². The zero-order chi connectivity index (χ0) is 20.1. The van der Waals surface area contributed by atoms with Crippen LogP contribution in [-0.4, -0.2) is 33.3 Å². The van der Waals surface area contributed by atoms with Crippen LogP contribution in [0.1, 0.15) is 24.0 Å². The first kappa shape index (κ1) is 23.2. The van der Waals surface area contributed by atoms with Crippen molar-refractivity contribution in [1.82, 2.24) is 5.32 Å². The molecule has 0 radical (unpaired) electrons. The maximum atomic E-state index is 14.1. The number of ether oxygens (including phenoxy) is 2. The number of nitrogens with zero attached hydrogens (tertiary/aromatic N) is 1. The molecule has 0 atom stereocenters. The largest absolute Gasteiger partial charge is 0.493 e. The normalized spacial score (nSPS) is 14.7. The van der Waals surface area contributed by atoms with Crippen molar-refractivity contribution in [1.29, 1.82) is 0 Å². The van der Waals surface area contributed by atoms with E-state index in [2.05, 4.69) is 10.3 Å². The van der Waals surface area contributed by atoms with Crippen molar-refractivity contribution in [3.05, 3.63) is 59.2 Å². The molecule has 2 aromatic carbocycles. The second-order valence-corrected chi connectivity index (χ2v) is 6.97. The summed E-state index contributed by atoms with van der Waals surface area (Å²) in [7, 11) is 3.20. The highest BCUT2D eigenvalue weighted by Crippen LogP contribution is 2.49. The molecule has 3 N–H and O–H groups in total. The molecule has 0 aromatic heterocycles. The number of benzene rings is 2.